The Kier molecular flexibility index (Phi) is 16.1. The van der Waals surface area contributed by atoms with Crippen LogP contribution in [0.2, 0.25) is 0 Å². The van der Waals surface area contributed by atoms with Crippen molar-refractivity contribution in [2.24, 2.45) is 22.9 Å². The molecule has 0 fully saturated rings. The zero-order valence-electron chi connectivity index (χ0n) is 19.8. The first kappa shape index (κ1) is 32.1. The van der Waals surface area contributed by atoms with Gasteiger partial charge < -0.3 is 44.0 Å². The van der Waals surface area contributed by atoms with Crippen LogP contribution in [0.3, 0.4) is 0 Å². The Balaban J connectivity index is 5.47. The summed E-state index contributed by atoms with van der Waals surface area (Å²) in [6.07, 6.45) is 2.30. The monoisotopic (exact) mass is 519 g/mol. The lowest BCUT2D eigenvalue weighted by atomic mass is 10.1. The van der Waals surface area contributed by atoms with Gasteiger partial charge in [0, 0.05) is 6.42 Å². The van der Waals surface area contributed by atoms with Gasteiger partial charge in [0.25, 0.3) is 0 Å². The fraction of sp³-hybridized carbons (Fsp3) is 0.700. The Hall–Kier alpha value is -2.91. The maximum atomic E-state index is 12.9. The van der Waals surface area contributed by atoms with Crippen LogP contribution in [0.1, 0.15) is 44.9 Å². The number of amides is 5. The summed E-state index contributed by atoms with van der Waals surface area (Å²) in [5.74, 6) is -4.77. The minimum atomic E-state index is -1.46. The van der Waals surface area contributed by atoms with E-state index in [1.807, 2.05) is 0 Å². The van der Waals surface area contributed by atoms with E-state index in [0.717, 1.165) is 0 Å². The van der Waals surface area contributed by atoms with Crippen molar-refractivity contribution in [3.63, 3.8) is 0 Å². The number of hydrogen-bond donors (Lipinski definition) is 8. The molecule has 0 saturated carbocycles. The Morgan fingerprint density at radius 2 is 1.37 bits per heavy atom. The van der Waals surface area contributed by atoms with Crippen molar-refractivity contribution in [1.82, 2.24) is 16.0 Å². The molecule has 0 aliphatic rings. The topological polar surface area (TPSA) is 263 Å². The molecule has 0 rings (SSSR count). The van der Waals surface area contributed by atoms with Gasteiger partial charge in [-0.2, -0.15) is 11.8 Å². The second-order valence-corrected chi connectivity index (χ2v) is 8.86. The lowest BCUT2D eigenvalue weighted by Gasteiger charge is -2.24. The third-order valence-corrected chi connectivity index (χ3v) is 5.53. The Morgan fingerprint density at radius 1 is 0.800 bits per heavy atom. The molecule has 35 heavy (non-hydrogen) atoms. The van der Waals surface area contributed by atoms with E-state index in [1.54, 1.807) is 6.26 Å². The number of thioether (sulfide) groups is 1. The summed E-state index contributed by atoms with van der Waals surface area (Å²) in [5, 5.41) is 16.5. The van der Waals surface area contributed by atoms with Gasteiger partial charge >= 0.3 is 5.97 Å². The van der Waals surface area contributed by atoms with Crippen molar-refractivity contribution >= 4 is 47.3 Å². The predicted molar refractivity (Wildman–Crippen MR) is 130 cm³/mol. The molecule has 200 valence electrons. The highest BCUT2D eigenvalue weighted by Gasteiger charge is 2.31. The fourth-order valence-corrected chi connectivity index (χ4v) is 3.39. The molecule has 5 amide bonds. The van der Waals surface area contributed by atoms with Crippen LogP contribution in [0.5, 0.6) is 0 Å². The highest BCUT2D eigenvalue weighted by Crippen LogP contribution is 2.06. The van der Waals surface area contributed by atoms with Crippen LogP contribution in [-0.2, 0) is 28.8 Å². The maximum absolute atomic E-state index is 12.9. The zero-order chi connectivity index (χ0) is 27.0. The van der Waals surface area contributed by atoms with Gasteiger partial charge in [-0.05, 0) is 50.7 Å². The molecule has 0 saturated heterocycles. The van der Waals surface area contributed by atoms with E-state index in [0.29, 0.717) is 25.1 Å². The van der Waals surface area contributed by atoms with Crippen molar-refractivity contribution < 1.29 is 33.9 Å². The van der Waals surface area contributed by atoms with E-state index in [9.17, 15) is 33.9 Å². The number of nitrogens with two attached hydrogens (primary N) is 4. The summed E-state index contributed by atoms with van der Waals surface area (Å²) in [7, 11) is 0. The van der Waals surface area contributed by atoms with Crippen molar-refractivity contribution in [1.29, 1.82) is 0 Å². The number of rotatable bonds is 19. The Bertz CT molecular complexity index is 753. The molecule has 4 unspecified atom stereocenters. The largest absolute Gasteiger partial charge is 0.480 e. The number of primary amides is 2. The van der Waals surface area contributed by atoms with Gasteiger partial charge in [0.2, 0.25) is 29.5 Å². The fourth-order valence-electron chi connectivity index (χ4n) is 2.92. The van der Waals surface area contributed by atoms with Crippen LogP contribution >= 0.6 is 11.8 Å². The van der Waals surface area contributed by atoms with E-state index in [-0.39, 0.29) is 25.7 Å². The van der Waals surface area contributed by atoms with Crippen LogP contribution in [-0.4, -0.2) is 83.3 Å². The van der Waals surface area contributed by atoms with Gasteiger partial charge in [0.15, 0.2) is 0 Å². The summed E-state index contributed by atoms with van der Waals surface area (Å²) in [4.78, 5) is 71.9. The summed E-state index contributed by atoms with van der Waals surface area (Å²) >= 11 is 1.39. The first-order valence-electron chi connectivity index (χ1n) is 11.1. The molecule has 0 heterocycles. The first-order chi connectivity index (χ1) is 16.4. The smallest absolute Gasteiger partial charge is 0.326 e. The second-order valence-electron chi connectivity index (χ2n) is 7.87. The molecular formula is C20H37N7O7S. The molecule has 0 bridgehead atoms. The van der Waals surface area contributed by atoms with Gasteiger partial charge in [-0.15, -0.1) is 0 Å². The lowest BCUT2D eigenvalue weighted by Crippen LogP contribution is -2.57. The molecule has 12 N–H and O–H groups in total. The molecule has 0 aliphatic carbocycles. The van der Waals surface area contributed by atoms with Crippen molar-refractivity contribution in [2.75, 3.05) is 18.6 Å². The third-order valence-electron chi connectivity index (χ3n) is 4.88. The van der Waals surface area contributed by atoms with Crippen LogP contribution in [0, 0.1) is 0 Å². The molecule has 0 radical (unpaired) electrons. The number of nitrogens with one attached hydrogen (secondary N) is 3. The van der Waals surface area contributed by atoms with Crippen LogP contribution in [0.15, 0.2) is 0 Å². The molecular weight excluding hydrogens is 482 g/mol. The van der Waals surface area contributed by atoms with E-state index >= 15 is 0 Å². The van der Waals surface area contributed by atoms with Gasteiger partial charge in [0.05, 0.1) is 12.5 Å². The summed E-state index contributed by atoms with van der Waals surface area (Å²) < 4.78 is 0. The molecule has 0 spiro atoms. The van der Waals surface area contributed by atoms with Crippen LogP contribution in [0.25, 0.3) is 0 Å². The minimum absolute atomic E-state index is 0.0301. The number of hydrogen-bond acceptors (Lipinski definition) is 9. The number of carbonyl (C=O) groups is 6. The van der Waals surface area contributed by atoms with E-state index in [1.165, 1.54) is 11.8 Å². The normalized spacial score (nSPS) is 14.1. The Morgan fingerprint density at radius 3 is 1.89 bits per heavy atom. The summed E-state index contributed by atoms with van der Waals surface area (Å²) in [5.41, 5.74) is 21.5. The van der Waals surface area contributed by atoms with Crippen molar-refractivity contribution in [3.8, 4) is 0 Å². The Labute approximate surface area is 208 Å². The molecule has 14 nitrogen and oxygen atoms in total. The third kappa shape index (κ3) is 14.2. The number of carboxylic acid groups (broad SMARTS) is 1. The highest BCUT2D eigenvalue weighted by molar-refractivity contribution is 7.98. The molecule has 4 atom stereocenters. The van der Waals surface area contributed by atoms with Crippen molar-refractivity contribution in [2.45, 2.75) is 69.1 Å². The second kappa shape index (κ2) is 17.5. The molecule has 15 heteroatoms. The van der Waals surface area contributed by atoms with E-state index in [2.05, 4.69) is 16.0 Å². The summed E-state index contributed by atoms with van der Waals surface area (Å²) in [6.45, 7) is 0.347. The number of carbonyl (C=O) groups excluding carboxylic acids is 5. The highest BCUT2D eigenvalue weighted by atomic mass is 32.2. The summed E-state index contributed by atoms with van der Waals surface area (Å²) in [6, 6.07) is -4.94. The predicted octanol–water partition coefficient (Wildman–Crippen LogP) is -3.12. The standard InChI is InChI=1S/C20H37N7O7S/c1-35-9-7-13(20(33)34)26-19(32)14(10-16(24)29)27-18(31)12(4-2-3-8-21)25-17(30)11(22)5-6-15(23)28/h11-14H,2-10,21-22H2,1H3,(H2,23,28)(H2,24,29)(H,25,30)(H,26,32)(H,27,31)(H,33,34). The average molecular weight is 520 g/mol. The van der Waals surface area contributed by atoms with Gasteiger partial charge in [-0.25, -0.2) is 4.79 Å². The quantitative estimate of drug-likeness (QED) is 0.0795. The first-order valence-corrected chi connectivity index (χ1v) is 12.5. The van der Waals surface area contributed by atoms with E-state index < -0.39 is 66.1 Å². The van der Waals surface area contributed by atoms with Crippen molar-refractivity contribution in [3.05, 3.63) is 0 Å². The van der Waals surface area contributed by atoms with E-state index in [4.69, 9.17) is 22.9 Å². The molecule has 0 aromatic heterocycles. The zero-order valence-corrected chi connectivity index (χ0v) is 20.6. The SMILES string of the molecule is CSCCC(NC(=O)C(CC(N)=O)NC(=O)C(CCCCN)NC(=O)C(N)CCC(N)=O)C(=O)O. The van der Waals surface area contributed by atoms with Gasteiger partial charge in [-0.1, -0.05) is 0 Å². The van der Waals surface area contributed by atoms with Gasteiger partial charge in [-0.3, -0.25) is 24.0 Å². The maximum Gasteiger partial charge on any atom is 0.326 e. The lowest BCUT2D eigenvalue weighted by molar-refractivity contribution is -0.142. The molecule has 0 aromatic carbocycles. The van der Waals surface area contributed by atoms with Crippen LogP contribution < -0.4 is 38.9 Å². The molecule has 0 aromatic rings. The number of unbranched alkanes of at least 4 members (excludes halogenated alkanes) is 1. The number of aliphatic carboxylic acids is 1. The van der Waals surface area contributed by atoms with Gasteiger partial charge in [0.1, 0.15) is 18.1 Å². The number of carboxylic acids is 1. The average Bonchev–Trinajstić information content (AvgIpc) is 2.78. The minimum Gasteiger partial charge on any atom is -0.480 e. The van der Waals surface area contributed by atoms with Crippen LogP contribution in [0.4, 0.5) is 0 Å². The molecule has 0 aliphatic heterocycles.